The SMILES string of the molecule is CCn1cc(N)c(C(=O)NCCc2cccnc2)n1. The van der Waals surface area contributed by atoms with Gasteiger partial charge in [-0.1, -0.05) is 6.07 Å². The van der Waals surface area contributed by atoms with Gasteiger partial charge in [0.05, 0.1) is 5.69 Å². The van der Waals surface area contributed by atoms with E-state index in [0.717, 1.165) is 12.0 Å². The number of aromatic nitrogens is 3. The van der Waals surface area contributed by atoms with E-state index < -0.39 is 0 Å². The molecular formula is C13H17N5O. The first kappa shape index (κ1) is 13.1. The van der Waals surface area contributed by atoms with Crippen LogP contribution in [-0.2, 0) is 13.0 Å². The predicted octanol–water partition coefficient (Wildman–Crippen LogP) is 0.853. The number of nitrogens with two attached hydrogens (primary N) is 1. The number of nitrogens with zero attached hydrogens (tertiary/aromatic N) is 3. The average molecular weight is 259 g/mol. The van der Waals surface area contributed by atoms with Crippen LogP contribution in [0.2, 0.25) is 0 Å². The van der Waals surface area contributed by atoms with Crippen LogP contribution in [-0.4, -0.2) is 27.2 Å². The Balaban J connectivity index is 1.89. The molecule has 0 saturated carbocycles. The molecule has 19 heavy (non-hydrogen) atoms. The van der Waals surface area contributed by atoms with Crippen LogP contribution in [0.25, 0.3) is 0 Å². The molecule has 0 aliphatic rings. The highest BCUT2D eigenvalue weighted by Gasteiger charge is 2.13. The Morgan fingerprint density at radius 2 is 2.37 bits per heavy atom. The van der Waals surface area contributed by atoms with Crippen LogP contribution >= 0.6 is 0 Å². The quantitative estimate of drug-likeness (QED) is 0.833. The van der Waals surface area contributed by atoms with Crippen molar-refractivity contribution in [1.82, 2.24) is 20.1 Å². The minimum Gasteiger partial charge on any atom is -0.396 e. The Morgan fingerprint density at radius 3 is 3.00 bits per heavy atom. The van der Waals surface area contributed by atoms with Gasteiger partial charge in [-0.05, 0) is 25.0 Å². The van der Waals surface area contributed by atoms with Crippen molar-refractivity contribution in [3.8, 4) is 0 Å². The number of carbonyl (C=O) groups is 1. The molecule has 0 aliphatic heterocycles. The lowest BCUT2D eigenvalue weighted by molar-refractivity contribution is 0.0949. The third-order valence-electron chi connectivity index (χ3n) is 2.75. The van der Waals surface area contributed by atoms with Crippen LogP contribution in [0.4, 0.5) is 5.69 Å². The largest absolute Gasteiger partial charge is 0.396 e. The van der Waals surface area contributed by atoms with Crippen molar-refractivity contribution in [1.29, 1.82) is 0 Å². The van der Waals surface area contributed by atoms with Gasteiger partial charge in [-0.15, -0.1) is 0 Å². The number of hydrogen-bond acceptors (Lipinski definition) is 4. The van der Waals surface area contributed by atoms with Crippen LogP contribution in [0.1, 0.15) is 23.0 Å². The van der Waals surface area contributed by atoms with Crippen molar-refractivity contribution in [2.45, 2.75) is 19.9 Å². The summed E-state index contributed by atoms with van der Waals surface area (Å²) >= 11 is 0. The molecule has 0 aliphatic carbocycles. The second kappa shape index (κ2) is 5.99. The summed E-state index contributed by atoms with van der Waals surface area (Å²) in [5.74, 6) is -0.242. The number of amides is 1. The maximum Gasteiger partial charge on any atom is 0.273 e. The van der Waals surface area contributed by atoms with Crippen molar-refractivity contribution in [3.63, 3.8) is 0 Å². The standard InChI is InChI=1S/C13H17N5O/c1-2-18-9-11(14)12(17-18)13(19)16-7-5-10-4-3-6-15-8-10/h3-4,6,8-9H,2,5,7,14H2,1H3,(H,16,19). The lowest BCUT2D eigenvalue weighted by atomic mass is 10.2. The molecule has 0 radical (unpaired) electrons. The number of rotatable bonds is 5. The number of anilines is 1. The van der Waals surface area contributed by atoms with E-state index in [9.17, 15) is 4.79 Å². The lowest BCUT2D eigenvalue weighted by Gasteiger charge is -2.03. The predicted molar refractivity (Wildman–Crippen MR) is 72.6 cm³/mol. The molecule has 0 fully saturated rings. The molecule has 0 saturated heterocycles. The molecule has 6 nitrogen and oxygen atoms in total. The van der Waals surface area contributed by atoms with Gasteiger partial charge in [-0.2, -0.15) is 5.10 Å². The molecule has 2 aromatic rings. The van der Waals surface area contributed by atoms with Gasteiger partial charge in [0.1, 0.15) is 0 Å². The second-order valence-corrected chi connectivity index (χ2v) is 4.16. The summed E-state index contributed by atoms with van der Waals surface area (Å²) in [6.07, 6.45) is 5.90. The molecule has 0 atom stereocenters. The molecule has 0 aromatic carbocycles. The van der Waals surface area contributed by atoms with Gasteiger partial charge in [0.25, 0.3) is 5.91 Å². The van der Waals surface area contributed by atoms with E-state index in [2.05, 4.69) is 15.4 Å². The van der Waals surface area contributed by atoms with Crippen LogP contribution in [0.5, 0.6) is 0 Å². The Kier molecular flexibility index (Phi) is 4.12. The van der Waals surface area contributed by atoms with E-state index in [0.29, 0.717) is 18.8 Å². The third kappa shape index (κ3) is 3.31. The summed E-state index contributed by atoms with van der Waals surface area (Å²) in [6, 6.07) is 3.84. The molecular weight excluding hydrogens is 242 g/mol. The number of aryl methyl sites for hydroxylation is 1. The van der Waals surface area contributed by atoms with Crippen molar-refractivity contribution in [3.05, 3.63) is 42.0 Å². The Hall–Kier alpha value is -2.37. The summed E-state index contributed by atoms with van der Waals surface area (Å²) in [7, 11) is 0. The van der Waals surface area contributed by atoms with Gasteiger partial charge in [0.15, 0.2) is 5.69 Å². The highest BCUT2D eigenvalue weighted by Crippen LogP contribution is 2.08. The Labute approximate surface area is 111 Å². The van der Waals surface area contributed by atoms with Gasteiger partial charge in [-0.25, -0.2) is 0 Å². The summed E-state index contributed by atoms with van der Waals surface area (Å²) in [5.41, 5.74) is 7.51. The molecule has 2 heterocycles. The van der Waals surface area contributed by atoms with Crippen molar-refractivity contribution in [2.24, 2.45) is 0 Å². The zero-order valence-electron chi connectivity index (χ0n) is 10.8. The maximum absolute atomic E-state index is 11.9. The molecule has 3 N–H and O–H groups in total. The Morgan fingerprint density at radius 1 is 1.53 bits per heavy atom. The van der Waals surface area contributed by atoms with Gasteiger partial charge >= 0.3 is 0 Å². The zero-order valence-corrected chi connectivity index (χ0v) is 10.8. The molecule has 0 spiro atoms. The van der Waals surface area contributed by atoms with Crippen LogP contribution < -0.4 is 11.1 Å². The first-order valence-electron chi connectivity index (χ1n) is 6.20. The van der Waals surface area contributed by atoms with Crippen molar-refractivity contribution in [2.75, 3.05) is 12.3 Å². The summed E-state index contributed by atoms with van der Waals surface area (Å²) in [5, 5.41) is 6.92. The average Bonchev–Trinajstić information content (AvgIpc) is 2.81. The molecule has 2 rings (SSSR count). The first-order valence-corrected chi connectivity index (χ1v) is 6.20. The van der Waals surface area contributed by atoms with Crippen LogP contribution in [0.3, 0.4) is 0 Å². The van der Waals surface area contributed by atoms with E-state index in [1.165, 1.54) is 0 Å². The molecule has 100 valence electrons. The molecule has 0 bridgehead atoms. The van der Waals surface area contributed by atoms with Gasteiger partial charge < -0.3 is 11.1 Å². The monoisotopic (exact) mass is 259 g/mol. The van der Waals surface area contributed by atoms with Gasteiger partial charge in [0, 0.05) is 31.7 Å². The maximum atomic E-state index is 11.9. The fraction of sp³-hybridized carbons (Fsp3) is 0.308. The minimum atomic E-state index is -0.242. The normalized spacial score (nSPS) is 10.4. The molecule has 1 amide bonds. The second-order valence-electron chi connectivity index (χ2n) is 4.16. The van der Waals surface area contributed by atoms with Crippen molar-refractivity contribution >= 4 is 11.6 Å². The fourth-order valence-electron chi connectivity index (χ4n) is 1.73. The van der Waals surface area contributed by atoms with E-state index in [1.807, 2.05) is 19.1 Å². The van der Waals surface area contributed by atoms with E-state index in [1.54, 1.807) is 23.3 Å². The summed E-state index contributed by atoms with van der Waals surface area (Å²) < 4.78 is 1.64. The number of nitrogen functional groups attached to an aromatic ring is 1. The topological polar surface area (TPSA) is 85.8 Å². The number of nitrogens with one attached hydrogen (secondary N) is 1. The van der Waals surface area contributed by atoms with E-state index >= 15 is 0 Å². The third-order valence-corrected chi connectivity index (χ3v) is 2.75. The molecule has 0 unspecified atom stereocenters. The van der Waals surface area contributed by atoms with Crippen LogP contribution in [0.15, 0.2) is 30.7 Å². The highest BCUT2D eigenvalue weighted by molar-refractivity contribution is 5.96. The smallest absolute Gasteiger partial charge is 0.273 e. The van der Waals surface area contributed by atoms with Gasteiger partial charge in [0.2, 0.25) is 0 Å². The molecule has 2 aromatic heterocycles. The zero-order chi connectivity index (χ0) is 13.7. The fourth-order valence-corrected chi connectivity index (χ4v) is 1.73. The van der Waals surface area contributed by atoms with Gasteiger partial charge in [-0.3, -0.25) is 14.5 Å². The highest BCUT2D eigenvalue weighted by atomic mass is 16.1. The number of carbonyl (C=O) groups excluding carboxylic acids is 1. The Bertz CT molecular complexity index is 549. The van der Waals surface area contributed by atoms with E-state index in [-0.39, 0.29) is 11.6 Å². The minimum absolute atomic E-state index is 0.242. The van der Waals surface area contributed by atoms with Crippen LogP contribution in [0, 0.1) is 0 Å². The van der Waals surface area contributed by atoms with Crippen molar-refractivity contribution < 1.29 is 4.79 Å². The first-order chi connectivity index (χ1) is 9.20. The summed E-state index contributed by atoms with van der Waals surface area (Å²) in [6.45, 7) is 3.16. The number of pyridine rings is 1. The lowest BCUT2D eigenvalue weighted by Crippen LogP contribution is -2.27. The number of hydrogen-bond donors (Lipinski definition) is 2. The van der Waals surface area contributed by atoms with E-state index in [4.69, 9.17) is 5.73 Å². The summed E-state index contributed by atoms with van der Waals surface area (Å²) in [4.78, 5) is 15.9. The molecule has 6 heteroatoms.